The Labute approximate surface area is 201 Å². The van der Waals surface area contributed by atoms with Crippen LogP contribution in [0.2, 0.25) is 0 Å². The summed E-state index contributed by atoms with van der Waals surface area (Å²) >= 11 is 1.36. The van der Waals surface area contributed by atoms with E-state index in [4.69, 9.17) is 16.6 Å². The first-order valence-corrected chi connectivity index (χ1v) is 14.0. The lowest BCUT2D eigenvalue weighted by Crippen LogP contribution is -2.31. The fourth-order valence-electron chi connectivity index (χ4n) is 3.16. The highest BCUT2D eigenvalue weighted by molar-refractivity contribution is 7.99. The molecule has 8 N–H and O–H groups in total. The molecule has 0 spiro atoms. The van der Waals surface area contributed by atoms with E-state index in [1.165, 1.54) is 23.9 Å². The van der Waals surface area contributed by atoms with Gasteiger partial charge in [0.15, 0.2) is 12.5 Å². The third-order valence-electron chi connectivity index (χ3n) is 4.66. The van der Waals surface area contributed by atoms with Crippen molar-refractivity contribution in [1.82, 2.24) is 4.72 Å². The fraction of sp³-hybridized carbons (Fsp3) is 0.316. The summed E-state index contributed by atoms with van der Waals surface area (Å²) in [6.07, 6.45) is -0.683. The van der Waals surface area contributed by atoms with Crippen molar-refractivity contribution in [3.8, 4) is 11.1 Å². The number of primary sulfonamides is 1. The molecule has 0 aromatic heterocycles. The van der Waals surface area contributed by atoms with Crippen LogP contribution in [0.25, 0.3) is 11.1 Å². The summed E-state index contributed by atoms with van der Waals surface area (Å²) in [5.41, 5.74) is 11.7. The van der Waals surface area contributed by atoms with Crippen LogP contribution in [0.1, 0.15) is 5.56 Å². The normalized spacial score (nSPS) is 14.9. The van der Waals surface area contributed by atoms with E-state index in [1.54, 1.807) is 18.2 Å². The van der Waals surface area contributed by atoms with Crippen LogP contribution >= 0.6 is 11.8 Å². The molecule has 1 aliphatic rings. The van der Waals surface area contributed by atoms with Crippen molar-refractivity contribution in [1.29, 1.82) is 0 Å². The molecule has 184 valence electrons. The number of benzene rings is 2. The van der Waals surface area contributed by atoms with Gasteiger partial charge in [-0.1, -0.05) is 18.2 Å². The van der Waals surface area contributed by atoms with Crippen molar-refractivity contribution in [2.75, 3.05) is 32.1 Å². The number of aliphatic hydroxyl groups is 1. The second-order valence-electron chi connectivity index (χ2n) is 7.14. The maximum absolute atomic E-state index is 12.9. The number of sulfonamides is 2. The predicted octanol–water partition coefficient (Wildman–Crippen LogP) is -0.180. The van der Waals surface area contributed by atoms with Crippen molar-refractivity contribution in [2.45, 2.75) is 20.8 Å². The van der Waals surface area contributed by atoms with E-state index in [9.17, 15) is 21.9 Å². The average Bonchev–Trinajstić information content (AvgIpc) is 3.34. The van der Waals surface area contributed by atoms with E-state index >= 15 is 0 Å². The number of nitrogens with one attached hydrogen (secondary N) is 1. The predicted molar refractivity (Wildman–Crippen MR) is 130 cm³/mol. The quantitative estimate of drug-likeness (QED) is 0.246. The van der Waals surface area contributed by atoms with E-state index in [-0.39, 0.29) is 37.7 Å². The lowest BCUT2D eigenvalue weighted by atomic mass is 9.99. The molecule has 1 heterocycles. The van der Waals surface area contributed by atoms with Crippen molar-refractivity contribution >= 4 is 37.6 Å². The van der Waals surface area contributed by atoms with Gasteiger partial charge in [0.1, 0.15) is 9.79 Å². The number of aliphatic imine (C=N–C) groups is 1. The molecule has 0 fully saturated rings. The van der Waals surface area contributed by atoms with Crippen molar-refractivity contribution in [3.05, 3.63) is 42.0 Å². The van der Waals surface area contributed by atoms with Crippen LogP contribution < -0.4 is 21.3 Å². The molecule has 0 bridgehead atoms. The molecule has 2 aromatic rings. The van der Waals surface area contributed by atoms with Gasteiger partial charge in [-0.2, -0.15) is 5.11 Å². The third kappa shape index (κ3) is 6.05. The lowest BCUT2D eigenvalue weighted by molar-refractivity contribution is 0.208. The van der Waals surface area contributed by atoms with Crippen LogP contribution in [0, 0.1) is 0 Å². The van der Waals surface area contributed by atoms with E-state index in [0.29, 0.717) is 16.9 Å². The Bertz CT molecular complexity index is 1330. The topological polar surface area (TPSA) is 216 Å². The van der Waals surface area contributed by atoms with Crippen LogP contribution in [0.15, 0.2) is 66.3 Å². The number of amidine groups is 1. The van der Waals surface area contributed by atoms with Gasteiger partial charge in [0.2, 0.25) is 20.0 Å². The van der Waals surface area contributed by atoms with Gasteiger partial charge in [-0.25, -0.2) is 31.7 Å². The Morgan fingerprint density at radius 3 is 2.53 bits per heavy atom. The summed E-state index contributed by atoms with van der Waals surface area (Å²) in [5.74, 6) is 0.312. The number of nitrogens with two attached hydrogens (primary N) is 3. The summed E-state index contributed by atoms with van der Waals surface area (Å²) in [5, 5.41) is 22.9. The molecule has 2 aromatic carbocycles. The lowest BCUT2D eigenvalue weighted by Gasteiger charge is -2.17. The number of hydrogen-bond donors (Lipinski definition) is 5. The maximum Gasteiger partial charge on any atom is 0.241 e. The summed E-state index contributed by atoms with van der Waals surface area (Å²) in [6, 6.07) is 9.70. The van der Waals surface area contributed by atoms with Gasteiger partial charge in [-0.15, -0.1) is 16.9 Å². The maximum atomic E-state index is 12.9. The van der Waals surface area contributed by atoms with Gasteiger partial charge in [-0.3, -0.25) is 0 Å². The zero-order chi connectivity index (χ0) is 24.9. The Morgan fingerprint density at radius 2 is 1.91 bits per heavy atom. The number of aliphatic hydroxyl groups excluding tert-OH is 1. The van der Waals surface area contributed by atoms with Crippen LogP contribution in [0.5, 0.6) is 0 Å². The van der Waals surface area contributed by atoms with Crippen LogP contribution in [-0.4, -0.2) is 65.9 Å². The molecule has 15 heteroatoms. The first-order chi connectivity index (χ1) is 16.1. The summed E-state index contributed by atoms with van der Waals surface area (Å²) in [7, 11) is -8.84. The molecular weight excluding hydrogens is 502 g/mol. The third-order valence-corrected chi connectivity index (χ3v) is 8.43. The van der Waals surface area contributed by atoms with Crippen LogP contribution in [0.3, 0.4) is 0 Å². The molecule has 0 amide bonds. The molecule has 0 unspecified atom stereocenters. The summed E-state index contributed by atoms with van der Waals surface area (Å²) < 4.78 is 53.4. The molecule has 12 nitrogen and oxygen atoms in total. The minimum absolute atomic E-state index is 0.0130. The number of rotatable bonds is 11. The molecule has 0 aliphatic carbocycles. The van der Waals surface area contributed by atoms with Gasteiger partial charge in [0.25, 0.3) is 0 Å². The van der Waals surface area contributed by atoms with E-state index in [0.717, 1.165) is 4.90 Å². The van der Waals surface area contributed by atoms with Gasteiger partial charge in [0, 0.05) is 30.3 Å². The van der Waals surface area contributed by atoms with Gasteiger partial charge in [0.05, 0.1) is 11.7 Å². The van der Waals surface area contributed by atoms with E-state index in [2.05, 4.69) is 19.9 Å². The summed E-state index contributed by atoms with van der Waals surface area (Å²) in [6.45, 7) is -0.00121. The highest BCUT2D eigenvalue weighted by atomic mass is 32.2. The zero-order valence-electron chi connectivity index (χ0n) is 18.0. The molecule has 34 heavy (non-hydrogen) atoms. The number of hydrogen-bond acceptors (Lipinski definition) is 11. The largest absolute Gasteiger partial charge is 0.391 e. The van der Waals surface area contributed by atoms with Crippen LogP contribution in [0.4, 0.5) is 0 Å². The highest BCUT2D eigenvalue weighted by Crippen LogP contribution is 2.36. The number of azo groups is 1. The van der Waals surface area contributed by atoms with Crippen molar-refractivity contribution in [3.63, 3.8) is 0 Å². The average molecular weight is 528 g/mol. The Hall–Kier alpha value is -2.24. The highest BCUT2D eigenvalue weighted by Gasteiger charge is 2.32. The number of thioether (sulfide) groups is 1. The minimum atomic E-state index is -4.56. The number of nitrogens with zero attached hydrogens (tertiary/aromatic N) is 3. The molecule has 1 aliphatic heterocycles. The molecule has 3 rings (SSSR count). The van der Waals surface area contributed by atoms with Crippen LogP contribution in [-0.2, 0) is 20.0 Å². The fourth-order valence-corrected chi connectivity index (χ4v) is 6.72. The van der Waals surface area contributed by atoms with Gasteiger partial charge < -0.3 is 16.6 Å². The first kappa shape index (κ1) is 26.4. The Balaban J connectivity index is 2.25. The minimum Gasteiger partial charge on any atom is -0.391 e. The second kappa shape index (κ2) is 11.0. The molecule has 0 saturated heterocycles. The zero-order valence-corrected chi connectivity index (χ0v) is 20.4. The first-order valence-electron chi connectivity index (χ1n) is 10.0. The van der Waals surface area contributed by atoms with Crippen molar-refractivity contribution < 1.29 is 21.9 Å². The second-order valence-corrected chi connectivity index (χ2v) is 11.5. The van der Waals surface area contributed by atoms with Gasteiger partial charge in [-0.05, 0) is 29.3 Å². The monoisotopic (exact) mass is 527 g/mol. The van der Waals surface area contributed by atoms with E-state index in [1.807, 2.05) is 6.07 Å². The molecule has 1 atom stereocenters. The smallest absolute Gasteiger partial charge is 0.241 e. The summed E-state index contributed by atoms with van der Waals surface area (Å²) in [4.78, 5) is 3.73. The van der Waals surface area contributed by atoms with Crippen molar-refractivity contribution in [2.24, 2.45) is 31.8 Å². The Morgan fingerprint density at radius 1 is 1.15 bits per heavy atom. The Kier molecular flexibility index (Phi) is 8.53. The molecular formula is C19H25N7O5S3. The molecule has 0 radical (unpaired) electrons. The standard InChI is InChI=1S/C19H25N7O5S3/c20-6-7-25-34(30,31)16-5-4-15(12-2-1-3-14(8-12)32-10-13(27)9-21)17(18(16)33(22,28)29)19-23-11-24-26-19/h1-5,8,13,25,27H,6-7,9-11,20-21H2,(H2,22,28,29)/t13-/m0/s1. The molecule has 0 saturated carbocycles. The van der Waals surface area contributed by atoms with Gasteiger partial charge >= 0.3 is 0 Å². The van der Waals surface area contributed by atoms with E-state index < -0.39 is 35.9 Å². The SMILES string of the molecule is NCCNS(=O)(=O)c1ccc(-c2cccc(SC[C@@H](O)CN)c2)c(C2=NCN=N2)c1S(N)(=O)=O.